The fraction of sp³-hybridized carbons (Fsp3) is 0.333. The number of benzene rings is 1. The maximum Gasteiger partial charge on any atom is 0.221 e. The Morgan fingerprint density at radius 3 is 2.61 bits per heavy atom. The number of amides is 1. The van der Waals surface area contributed by atoms with Crippen LogP contribution in [0.4, 0.5) is 5.69 Å². The van der Waals surface area contributed by atoms with Crippen molar-refractivity contribution in [1.29, 1.82) is 0 Å². The van der Waals surface area contributed by atoms with E-state index in [0.717, 1.165) is 0 Å². The van der Waals surface area contributed by atoms with Gasteiger partial charge in [0.2, 0.25) is 5.91 Å². The molecule has 0 fully saturated rings. The van der Waals surface area contributed by atoms with Gasteiger partial charge in [-0.3, -0.25) is 4.79 Å². The molecule has 0 atom stereocenters. The Hall–Kier alpha value is -1.59. The summed E-state index contributed by atoms with van der Waals surface area (Å²) < 4.78 is 5.16. The zero-order valence-electron chi connectivity index (χ0n) is 10.1. The lowest BCUT2D eigenvalue weighted by atomic mass is 10.1. The molecule has 0 radical (unpaired) electrons. The van der Waals surface area contributed by atoms with Gasteiger partial charge in [0.15, 0.2) is 0 Å². The summed E-state index contributed by atoms with van der Waals surface area (Å²) in [5.74, 6) is -1.62. The quantitative estimate of drug-likeness (QED) is 0.872. The van der Waals surface area contributed by atoms with E-state index in [1.54, 1.807) is 6.92 Å². The van der Waals surface area contributed by atoms with E-state index in [4.69, 9.17) is 16.3 Å². The minimum absolute atomic E-state index is 0.0393. The molecule has 0 saturated heterocycles. The maximum atomic E-state index is 11.0. The number of anilines is 1. The number of halogens is 1. The van der Waals surface area contributed by atoms with E-state index in [9.17, 15) is 14.7 Å². The Bertz CT molecular complexity index is 473. The minimum Gasteiger partial charge on any atom is -0.545 e. The molecule has 0 unspecified atom stereocenters. The standard InChI is InChI=1S/C12H14ClNO4/c1-3-18-6-8-4-11(14-7(2)15)10(13)5-9(8)12(16)17/h4-5H,3,6H2,1-2H3,(H,14,15)(H,16,17)/p-1. The Morgan fingerprint density at radius 2 is 2.11 bits per heavy atom. The molecular formula is C12H13ClNO4-. The lowest BCUT2D eigenvalue weighted by Gasteiger charge is -2.14. The molecule has 1 aromatic rings. The van der Waals surface area contributed by atoms with Crippen molar-refractivity contribution in [2.24, 2.45) is 0 Å². The van der Waals surface area contributed by atoms with Crippen LogP contribution >= 0.6 is 11.6 Å². The minimum atomic E-state index is -1.33. The van der Waals surface area contributed by atoms with E-state index in [2.05, 4.69) is 5.32 Å². The fourth-order valence-electron chi connectivity index (χ4n) is 1.42. The molecule has 0 aliphatic heterocycles. The fourth-order valence-corrected chi connectivity index (χ4v) is 1.64. The summed E-state index contributed by atoms with van der Waals surface area (Å²) in [6, 6.07) is 2.72. The molecule has 0 spiro atoms. The monoisotopic (exact) mass is 270 g/mol. The highest BCUT2D eigenvalue weighted by atomic mass is 35.5. The molecule has 1 N–H and O–H groups in total. The molecule has 5 nitrogen and oxygen atoms in total. The van der Waals surface area contributed by atoms with Crippen molar-refractivity contribution in [2.45, 2.75) is 20.5 Å². The first-order chi connectivity index (χ1) is 8.45. The molecule has 0 aliphatic rings. The highest BCUT2D eigenvalue weighted by molar-refractivity contribution is 6.34. The van der Waals surface area contributed by atoms with Gasteiger partial charge in [-0.2, -0.15) is 0 Å². The Balaban J connectivity index is 3.17. The van der Waals surface area contributed by atoms with Gasteiger partial charge in [0, 0.05) is 19.1 Å². The van der Waals surface area contributed by atoms with Crippen LogP contribution < -0.4 is 10.4 Å². The number of carbonyl (C=O) groups is 2. The molecule has 0 bridgehead atoms. The van der Waals surface area contributed by atoms with Crippen LogP contribution in [0.3, 0.4) is 0 Å². The van der Waals surface area contributed by atoms with Gasteiger partial charge in [-0.05, 0) is 24.6 Å². The van der Waals surface area contributed by atoms with Crippen LogP contribution in [0, 0.1) is 0 Å². The average Bonchev–Trinajstić information content (AvgIpc) is 2.28. The predicted molar refractivity (Wildman–Crippen MR) is 65.4 cm³/mol. The van der Waals surface area contributed by atoms with Crippen molar-refractivity contribution in [1.82, 2.24) is 0 Å². The molecule has 0 aromatic heterocycles. The molecule has 98 valence electrons. The van der Waals surface area contributed by atoms with Crippen molar-refractivity contribution in [3.05, 3.63) is 28.3 Å². The molecule has 0 aliphatic carbocycles. The lowest BCUT2D eigenvalue weighted by molar-refractivity contribution is -0.255. The first-order valence-electron chi connectivity index (χ1n) is 5.34. The van der Waals surface area contributed by atoms with Gasteiger partial charge in [-0.25, -0.2) is 0 Å². The average molecular weight is 271 g/mol. The summed E-state index contributed by atoms with van der Waals surface area (Å²) in [4.78, 5) is 21.9. The summed E-state index contributed by atoms with van der Waals surface area (Å²) in [5.41, 5.74) is 0.719. The van der Waals surface area contributed by atoms with E-state index < -0.39 is 5.97 Å². The van der Waals surface area contributed by atoms with Crippen LogP contribution in [0.15, 0.2) is 12.1 Å². The van der Waals surface area contributed by atoms with Crippen molar-refractivity contribution >= 4 is 29.2 Å². The van der Waals surface area contributed by atoms with Crippen LogP contribution in [0.5, 0.6) is 0 Å². The summed E-state index contributed by atoms with van der Waals surface area (Å²) in [5, 5.41) is 13.6. The number of hydrogen-bond acceptors (Lipinski definition) is 4. The Morgan fingerprint density at radius 1 is 1.44 bits per heavy atom. The molecule has 0 saturated carbocycles. The predicted octanol–water partition coefficient (Wildman–Crippen LogP) is 1.20. The van der Waals surface area contributed by atoms with E-state index in [1.165, 1.54) is 19.1 Å². The maximum absolute atomic E-state index is 11.0. The van der Waals surface area contributed by atoms with E-state index >= 15 is 0 Å². The van der Waals surface area contributed by atoms with E-state index in [0.29, 0.717) is 17.9 Å². The Kier molecular flexibility index (Phi) is 5.12. The third-order valence-corrected chi connectivity index (χ3v) is 2.50. The highest BCUT2D eigenvalue weighted by Gasteiger charge is 2.10. The second-order valence-electron chi connectivity index (χ2n) is 3.59. The first-order valence-corrected chi connectivity index (χ1v) is 5.72. The van der Waals surface area contributed by atoms with Crippen molar-refractivity contribution in [3.63, 3.8) is 0 Å². The molecule has 1 amide bonds. The topological polar surface area (TPSA) is 78.5 Å². The van der Waals surface area contributed by atoms with Gasteiger partial charge in [0.25, 0.3) is 0 Å². The van der Waals surface area contributed by atoms with Gasteiger partial charge in [-0.15, -0.1) is 0 Å². The van der Waals surface area contributed by atoms with Crippen molar-refractivity contribution in [3.8, 4) is 0 Å². The summed E-state index contributed by atoms with van der Waals surface area (Å²) in [6.45, 7) is 3.70. The number of nitrogens with one attached hydrogen (secondary N) is 1. The molecule has 1 rings (SSSR count). The second kappa shape index (κ2) is 6.37. The molecule has 0 heterocycles. The van der Waals surface area contributed by atoms with E-state index in [1.807, 2.05) is 0 Å². The highest BCUT2D eigenvalue weighted by Crippen LogP contribution is 2.26. The SMILES string of the molecule is CCOCc1cc(NC(C)=O)c(Cl)cc1C(=O)[O-]. The first kappa shape index (κ1) is 14.5. The van der Waals surface area contributed by atoms with Crippen LogP contribution in [0.25, 0.3) is 0 Å². The smallest absolute Gasteiger partial charge is 0.221 e. The zero-order chi connectivity index (χ0) is 13.7. The third-order valence-electron chi connectivity index (χ3n) is 2.19. The normalized spacial score (nSPS) is 10.2. The van der Waals surface area contributed by atoms with Gasteiger partial charge in [-0.1, -0.05) is 11.6 Å². The van der Waals surface area contributed by atoms with Crippen molar-refractivity contribution < 1.29 is 19.4 Å². The van der Waals surface area contributed by atoms with Gasteiger partial charge >= 0.3 is 0 Å². The largest absolute Gasteiger partial charge is 0.545 e. The Labute approximate surface area is 110 Å². The van der Waals surface area contributed by atoms with E-state index in [-0.39, 0.29) is 23.1 Å². The van der Waals surface area contributed by atoms with Gasteiger partial charge in [0.1, 0.15) is 0 Å². The van der Waals surface area contributed by atoms with Crippen LogP contribution in [-0.4, -0.2) is 18.5 Å². The number of aromatic carboxylic acids is 1. The summed E-state index contributed by atoms with van der Waals surface area (Å²) in [6.07, 6.45) is 0. The second-order valence-corrected chi connectivity index (χ2v) is 4.00. The molecule has 1 aromatic carbocycles. The third kappa shape index (κ3) is 3.72. The van der Waals surface area contributed by atoms with Gasteiger partial charge in [0.05, 0.1) is 23.3 Å². The number of carboxylic acids is 1. The number of rotatable bonds is 5. The van der Waals surface area contributed by atoms with Gasteiger partial charge < -0.3 is 20.0 Å². The number of ether oxygens (including phenoxy) is 1. The molecular weight excluding hydrogens is 258 g/mol. The number of carboxylic acid groups (broad SMARTS) is 1. The number of carbonyl (C=O) groups excluding carboxylic acids is 2. The van der Waals surface area contributed by atoms with Crippen molar-refractivity contribution in [2.75, 3.05) is 11.9 Å². The van der Waals surface area contributed by atoms with Crippen LogP contribution in [0.2, 0.25) is 5.02 Å². The summed E-state index contributed by atoms with van der Waals surface area (Å²) >= 11 is 5.88. The van der Waals surface area contributed by atoms with Crippen LogP contribution in [0.1, 0.15) is 29.8 Å². The molecule has 6 heteroatoms. The summed E-state index contributed by atoms with van der Waals surface area (Å²) in [7, 11) is 0. The molecule has 18 heavy (non-hydrogen) atoms. The van der Waals surface area contributed by atoms with Crippen LogP contribution in [-0.2, 0) is 16.1 Å². The lowest BCUT2D eigenvalue weighted by Crippen LogP contribution is -2.24. The number of hydrogen-bond donors (Lipinski definition) is 1. The zero-order valence-corrected chi connectivity index (χ0v) is 10.8.